The van der Waals surface area contributed by atoms with E-state index in [1.807, 2.05) is 77.1 Å². The molecule has 0 aliphatic heterocycles. The van der Waals surface area contributed by atoms with E-state index in [2.05, 4.69) is 42.4 Å². The van der Waals surface area contributed by atoms with Crippen molar-refractivity contribution in [2.75, 3.05) is 32.9 Å². The number of phenols is 2. The average Bonchev–Trinajstić information content (AvgIpc) is 3.12. The second kappa shape index (κ2) is 19.6. The molecule has 9 heteroatoms. The number of nitrogens with one attached hydrogen (secondary N) is 2. The zero-order valence-electron chi connectivity index (χ0n) is 32.6. The Morgan fingerprint density at radius 2 is 1.13 bits per heavy atom. The molecule has 2 amide bonds. The molecule has 0 aromatic heterocycles. The van der Waals surface area contributed by atoms with Gasteiger partial charge in [0.05, 0.1) is 13.2 Å². The summed E-state index contributed by atoms with van der Waals surface area (Å²) in [7, 11) is 0. The van der Waals surface area contributed by atoms with Crippen LogP contribution in [-0.2, 0) is 22.4 Å². The van der Waals surface area contributed by atoms with Crippen molar-refractivity contribution >= 4 is 11.8 Å². The lowest BCUT2D eigenvalue weighted by Gasteiger charge is -2.16. The molecule has 0 radical (unpaired) electrons. The second-order valence-corrected chi connectivity index (χ2v) is 14.3. The summed E-state index contributed by atoms with van der Waals surface area (Å²) in [5.74, 6) is 7.57. The lowest BCUT2D eigenvalue weighted by Crippen LogP contribution is -2.31. The SMILES string of the molecule is Cc1cc(OCC(=O)NCC#CCC(C)c2cc(Cc3c(C)cc(OCC(=O)NCCO)cc3C)ccc2O)cc(C)c1Cc1ccc(O)c(C(C)C)c1. The smallest absolute Gasteiger partial charge is 0.258 e. The number of benzene rings is 4. The Kier molecular flexibility index (Phi) is 15.0. The lowest BCUT2D eigenvalue weighted by atomic mass is 9.91. The summed E-state index contributed by atoms with van der Waals surface area (Å²) in [6.45, 7) is 14.3. The molecular formula is C45H54N2O7. The van der Waals surface area contributed by atoms with Gasteiger partial charge >= 0.3 is 0 Å². The van der Waals surface area contributed by atoms with E-state index < -0.39 is 0 Å². The van der Waals surface area contributed by atoms with Crippen molar-refractivity contribution in [2.24, 2.45) is 0 Å². The summed E-state index contributed by atoms with van der Waals surface area (Å²) in [6.07, 6.45) is 1.91. The highest BCUT2D eigenvalue weighted by Gasteiger charge is 2.15. The number of aliphatic hydroxyl groups is 1. The number of ether oxygens (including phenoxy) is 2. The van der Waals surface area contributed by atoms with E-state index in [-0.39, 0.29) is 62.3 Å². The largest absolute Gasteiger partial charge is 0.508 e. The van der Waals surface area contributed by atoms with Gasteiger partial charge in [0.25, 0.3) is 11.8 Å². The number of carbonyl (C=O) groups excluding carboxylic acids is 2. The van der Waals surface area contributed by atoms with Crippen molar-refractivity contribution in [3.8, 4) is 34.8 Å². The number of amides is 2. The first kappa shape index (κ1) is 41.3. The molecule has 0 spiro atoms. The summed E-state index contributed by atoms with van der Waals surface area (Å²) < 4.78 is 11.5. The highest BCUT2D eigenvalue weighted by Crippen LogP contribution is 2.32. The van der Waals surface area contributed by atoms with Crippen LogP contribution in [0, 0.1) is 39.5 Å². The third-order valence-electron chi connectivity index (χ3n) is 9.52. The van der Waals surface area contributed by atoms with E-state index in [0.29, 0.717) is 30.1 Å². The van der Waals surface area contributed by atoms with E-state index in [4.69, 9.17) is 14.6 Å². The minimum Gasteiger partial charge on any atom is -0.508 e. The molecule has 9 nitrogen and oxygen atoms in total. The molecule has 0 aliphatic rings. The number of aryl methyl sites for hydroxylation is 4. The van der Waals surface area contributed by atoms with Crippen LogP contribution in [0.5, 0.6) is 23.0 Å². The van der Waals surface area contributed by atoms with Gasteiger partial charge in [-0.25, -0.2) is 0 Å². The topological polar surface area (TPSA) is 137 Å². The van der Waals surface area contributed by atoms with Crippen LogP contribution in [0.25, 0.3) is 0 Å². The number of phenolic OH excluding ortho intramolecular Hbond substituents is 2. The number of hydrogen-bond donors (Lipinski definition) is 5. The van der Waals surface area contributed by atoms with Gasteiger partial charge in [-0.15, -0.1) is 5.92 Å². The number of aliphatic hydroxyl groups excluding tert-OH is 1. The lowest BCUT2D eigenvalue weighted by molar-refractivity contribution is -0.123. The molecular weight excluding hydrogens is 681 g/mol. The van der Waals surface area contributed by atoms with Gasteiger partial charge in [-0.2, -0.15) is 0 Å². The Labute approximate surface area is 319 Å². The first-order valence-electron chi connectivity index (χ1n) is 18.4. The molecule has 0 aliphatic carbocycles. The van der Waals surface area contributed by atoms with E-state index in [9.17, 15) is 19.8 Å². The van der Waals surface area contributed by atoms with Gasteiger partial charge in [-0.05, 0) is 144 Å². The third-order valence-corrected chi connectivity index (χ3v) is 9.52. The quantitative estimate of drug-likeness (QED) is 0.0798. The molecule has 1 atom stereocenters. The number of carbonyl (C=O) groups is 2. The van der Waals surface area contributed by atoms with Crippen molar-refractivity contribution in [3.63, 3.8) is 0 Å². The Morgan fingerprint density at radius 1 is 0.667 bits per heavy atom. The second-order valence-electron chi connectivity index (χ2n) is 14.3. The van der Waals surface area contributed by atoms with Crippen LogP contribution in [0.1, 0.15) is 94.7 Å². The number of rotatable bonds is 16. The van der Waals surface area contributed by atoms with Gasteiger partial charge in [0.15, 0.2) is 13.2 Å². The maximum atomic E-state index is 12.5. The summed E-state index contributed by atoms with van der Waals surface area (Å²) >= 11 is 0. The van der Waals surface area contributed by atoms with Gasteiger partial charge in [0, 0.05) is 13.0 Å². The van der Waals surface area contributed by atoms with Gasteiger partial charge in [0.1, 0.15) is 23.0 Å². The van der Waals surface area contributed by atoms with Crippen LogP contribution in [-0.4, -0.2) is 60.0 Å². The Hall–Kier alpha value is -5.46. The van der Waals surface area contributed by atoms with Crippen LogP contribution in [0.3, 0.4) is 0 Å². The molecule has 1 unspecified atom stereocenters. The van der Waals surface area contributed by atoms with Crippen LogP contribution < -0.4 is 20.1 Å². The standard InChI is InChI=1S/C45H54N2O7/c1-28(2)38-22-34(11-13-42(38)49)23-39-30(4)18-36(19-31(39)5)53-26-44(51)46-15-9-8-10-29(3)41-25-35(12-14-43(41)50)24-40-32(6)20-37(21-33(40)7)54-27-45(52)47-16-17-48/h11-14,18-22,25,28-29,48-50H,10,15-17,23-24,26-27H2,1-7H3,(H,46,51)(H,47,52). The summed E-state index contributed by atoms with van der Waals surface area (Å²) in [4.78, 5) is 24.4. The third kappa shape index (κ3) is 11.8. The van der Waals surface area contributed by atoms with E-state index in [1.54, 1.807) is 12.1 Å². The first-order chi connectivity index (χ1) is 25.7. The van der Waals surface area contributed by atoms with E-state index >= 15 is 0 Å². The molecule has 4 aromatic carbocycles. The van der Waals surface area contributed by atoms with Crippen molar-refractivity contribution in [1.82, 2.24) is 10.6 Å². The van der Waals surface area contributed by atoms with E-state index in [0.717, 1.165) is 56.5 Å². The molecule has 5 N–H and O–H groups in total. The fraction of sp³-hybridized carbons (Fsp3) is 0.378. The zero-order valence-corrected chi connectivity index (χ0v) is 32.6. The minimum atomic E-state index is -0.291. The Balaban J connectivity index is 1.26. The van der Waals surface area contributed by atoms with Crippen LogP contribution >= 0.6 is 0 Å². The molecule has 0 heterocycles. The van der Waals surface area contributed by atoms with Gasteiger partial charge in [0.2, 0.25) is 0 Å². The van der Waals surface area contributed by atoms with Gasteiger partial charge < -0.3 is 35.4 Å². The van der Waals surface area contributed by atoms with Crippen molar-refractivity contribution in [3.05, 3.63) is 116 Å². The Morgan fingerprint density at radius 3 is 1.61 bits per heavy atom. The molecule has 0 fully saturated rings. The van der Waals surface area contributed by atoms with E-state index in [1.165, 1.54) is 5.56 Å². The molecule has 0 saturated carbocycles. The number of hydrogen-bond acceptors (Lipinski definition) is 7. The predicted octanol–water partition coefficient (Wildman–Crippen LogP) is 6.82. The highest BCUT2D eigenvalue weighted by atomic mass is 16.5. The van der Waals surface area contributed by atoms with Crippen LogP contribution in [0.15, 0.2) is 60.7 Å². The summed E-state index contributed by atoms with van der Waals surface area (Å²) in [5, 5.41) is 35.1. The molecule has 0 bridgehead atoms. The molecule has 4 aromatic rings. The fourth-order valence-corrected chi connectivity index (χ4v) is 6.46. The maximum absolute atomic E-state index is 12.5. The first-order valence-corrected chi connectivity index (χ1v) is 18.4. The monoisotopic (exact) mass is 734 g/mol. The molecule has 4 rings (SSSR count). The normalized spacial score (nSPS) is 11.4. The fourth-order valence-electron chi connectivity index (χ4n) is 6.46. The van der Waals surface area contributed by atoms with Gasteiger partial charge in [-0.1, -0.05) is 51.0 Å². The predicted molar refractivity (Wildman–Crippen MR) is 213 cm³/mol. The highest BCUT2D eigenvalue weighted by molar-refractivity contribution is 5.78. The molecule has 0 saturated heterocycles. The average molecular weight is 735 g/mol. The van der Waals surface area contributed by atoms with Crippen molar-refractivity contribution < 1.29 is 34.4 Å². The molecule has 54 heavy (non-hydrogen) atoms. The zero-order chi connectivity index (χ0) is 39.4. The van der Waals surface area contributed by atoms with Gasteiger partial charge in [-0.3, -0.25) is 9.59 Å². The van der Waals surface area contributed by atoms with Crippen molar-refractivity contribution in [2.45, 2.75) is 79.6 Å². The maximum Gasteiger partial charge on any atom is 0.258 e. The van der Waals surface area contributed by atoms with Crippen LogP contribution in [0.2, 0.25) is 0 Å². The Bertz CT molecular complexity index is 1960. The minimum absolute atomic E-state index is 0.0350. The summed E-state index contributed by atoms with van der Waals surface area (Å²) in [6, 6.07) is 19.2. The number of aromatic hydroxyl groups is 2. The summed E-state index contributed by atoms with van der Waals surface area (Å²) in [5.41, 5.74) is 10.5. The van der Waals surface area contributed by atoms with Crippen LogP contribution in [0.4, 0.5) is 0 Å². The molecule has 286 valence electrons. The van der Waals surface area contributed by atoms with Crippen molar-refractivity contribution in [1.29, 1.82) is 0 Å².